The summed E-state index contributed by atoms with van der Waals surface area (Å²) in [4.78, 5) is 0. The molecule has 0 amide bonds. The Hall–Kier alpha value is -0.820. The first-order chi connectivity index (χ1) is 6.29. The van der Waals surface area contributed by atoms with Crippen molar-refractivity contribution in [3.05, 3.63) is 35.4 Å². The summed E-state index contributed by atoms with van der Waals surface area (Å²) in [6.45, 7) is 5.69. The first-order valence-corrected chi connectivity index (χ1v) is 5.08. The molecule has 1 heterocycles. The van der Waals surface area contributed by atoms with Gasteiger partial charge in [0, 0.05) is 6.04 Å². The summed E-state index contributed by atoms with van der Waals surface area (Å²) in [6, 6.07) is 9.27. The van der Waals surface area contributed by atoms with Crippen LogP contribution in [0, 0.1) is 12.8 Å². The second-order valence-electron chi connectivity index (χ2n) is 4.05. The standard InChI is InChI=1S/C12H17N/c1-9-5-3-4-6-11(9)12-10(2)7-8-13-12/h3-6,10,12-13H,7-8H2,1-2H3. The van der Waals surface area contributed by atoms with E-state index in [4.69, 9.17) is 0 Å². The summed E-state index contributed by atoms with van der Waals surface area (Å²) in [5.74, 6) is 0.779. The molecule has 1 nitrogen and oxygen atoms in total. The van der Waals surface area contributed by atoms with Crippen molar-refractivity contribution in [1.29, 1.82) is 0 Å². The molecule has 0 saturated carbocycles. The van der Waals surface area contributed by atoms with Crippen LogP contribution in [0.4, 0.5) is 0 Å². The molecule has 1 heteroatoms. The quantitative estimate of drug-likeness (QED) is 0.692. The summed E-state index contributed by atoms with van der Waals surface area (Å²) in [7, 11) is 0. The Morgan fingerprint density at radius 1 is 1.31 bits per heavy atom. The van der Waals surface area contributed by atoms with Crippen molar-refractivity contribution in [2.24, 2.45) is 5.92 Å². The fourth-order valence-electron chi connectivity index (χ4n) is 2.19. The first kappa shape index (κ1) is 8.76. The Morgan fingerprint density at radius 3 is 2.69 bits per heavy atom. The second kappa shape index (κ2) is 3.51. The lowest BCUT2D eigenvalue weighted by Crippen LogP contribution is -2.17. The predicted molar refractivity (Wildman–Crippen MR) is 55.7 cm³/mol. The Labute approximate surface area is 80.2 Å². The van der Waals surface area contributed by atoms with Crippen molar-refractivity contribution in [3.8, 4) is 0 Å². The largest absolute Gasteiger partial charge is 0.310 e. The minimum absolute atomic E-state index is 0.584. The first-order valence-electron chi connectivity index (χ1n) is 5.08. The molecule has 1 aliphatic rings. The van der Waals surface area contributed by atoms with E-state index in [1.165, 1.54) is 24.1 Å². The van der Waals surface area contributed by atoms with Gasteiger partial charge in [0.15, 0.2) is 0 Å². The van der Waals surface area contributed by atoms with E-state index in [-0.39, 0.29) is 0 Å². The van der Waals surface area contributed by atoms with Gasteiger partial charge in [0.05, 0.1) is 0 Å². The van der Waals surface area contributed by atoms with E-state index in [0.717, 1.165) is 5.92 Å². The monoisotopic (exact) mass is 175 g/mol. The molecule has 1 fully saturated rings. The molecule has 1 aromatic rings. The highest BCUT2D eigenvalue weighted by Gasteiger charge is 2.24. The van der Waals surface area contributed by atoms with E-state index >= 15 is 0 Å². The van der Waals surface area contributed by atoms with Crippen LogP contribution >= 0.6 is 0 Å². The average molecular weight is 175 g/mol. The van der Waals surface area contributed by atoms with Gasteiger partial charge in [0.2, 0.25) is 0 Å². The second-order valence-corrected chi connectivity index (χ2v) is 4.05. The van der Waals surface area contributed by atoms with Gasteiger partial charge in [-0.25, -0.2) is 0 Å². The zero-order valence-electron chi connectivity index (χ0n) is 8.38. The maximum absolute atomic E-state index is 3.56. The number of rotatable bonds is 1. The van der Waals surface area contributed by atoms with Crippen LogP contribution < -0.4 is 5.32 Å². The van der Waals surface area contributed by atoms with Crippen LogP contribution in [0.15, 0.2) is 24.3 Å². The van der Waals surface area contributed by atoms with Crippen LogP contribution in [0.1, 0.15) is 30.5 Å². The van der Waals surface area contributed by atoms with Crippen molar-refractivity contribution in [2.75, 3.05) is 6.54 Å². The minimum Gasteiger partial charge on any atom is -0.310 e. The summed E-state index contributed by atoms with van der Waals surface area (Å²) >= 11 is 0. The molecule has 13 heavy (non-hydrogen) atoms. The fourth-order valence-corrected chi connectivity index (χ4v) is 2.19. The predicted octanol–water partition coefficient (Wildman–Crippen LogP) is 2.67. The van der Waals surface area contributed by atoms with Gasteiger partial charge in [-0.1, -0.05) is 31.2 Å². The van der Waals surface area contributed by atoms with Gasteiger partial charge in [0.25, 0.3) is 0 Å². The summed E-state index contributed by atoms with van der Waals surface area (Å²) in [5, 5.41) is 3.56. The number of benzene rings is 1. The van der Waals surface area contributed by atoms with Crippen molar-refractivity contribution in [1.82, 2.24) is 5.32 Å². The highest BCUT2D eigenvalue weighted by Crippen LogP contribution is 2.30. The van der Waals surface area contributed by atoms with E-state index in [2.05, 4.69) is 43.4 Å². The highest BCUT2D eigenvalue weighted by atomic mass is 14.9. The number of aryl methyl sites for hydroxylation is 1. The molecule has 0 aromatic heterocycles. The Morgan fingerprint density at radius 2 is 2.08 bits per heavy atom. The lowest BCUT2D eigenvalue weighted by atomic mass is 9.93. The number of hydrogen-bond donors (Lipinski definition) is 1. The van der Waals surface area contributed by atoms with E-state index in [0.29, 0.717) is 6.04 Å². The molecule has 1 aromatic carbocycles. The van der Waals surface area contributed by atoms with Gasteiger partial charge in [0.1, 0.15) is 0 Å². The van der Waals surface area contributed by atoms with Crippen LogP contribution in [0.3, 0.4) is 0 Å². The van der Waals surface area contributed by atoms with Crippen LogP contribution in [-0.2, 0) is 0 Å². The topological polar surface area (TPSA) is 12.0 Å². The van der Waals surface area contributed by atoms with Crippen LogP contribution in [0.5, 0.6) is 0 Å². The van der Waals surface area contributed by atoms with Crippen LogP contribution in [0.25, 0.3) is 0 Å². The van der Waals surface area contributed by atoms with Crippen molar-refractivity contribution in [2.45, 2.75) is 26.3 Å². The molecular weight excluding hydrogens is 158 g/mol. The summed E-state index contributed by atoms with van der Waals surface area (Å²) in [5.41, 5.74) is 2.89. The molecule has 0 radical (unpaired) electrons. The Bertz CT molecular complexity index is 293. The Kier molecular flexibility index (Phi) is 2.36. The van der Waals surface area contributed by atoms with Crippen LogP contribution in [-0.4, -0.2) is 6.54 Å². The van der Waals surface area contributed by atoms with Gasteiger partial charge < -0.3 is 5.32 Å². The van der Waals surface area contributed by atoms with Crippen LogP contribution in [0.2, 0.25) is 0 Å². The van der Waals surface area contributed by atoms with Crippen molar-refractivity contribution in [3.63, 3.8) is 0 Å². The molecular formula is C12H17N. The Balaban J connectivity index is 2.29. The van der Waals surface area contributed by atoms with Gasteiger partial charge in [-0.2, -0.15) is 0 Å². The molecule has 70 valence electrons. The average Bonchev–Trinajstić information content (AvgIpc) is 2.52. The molecule has 2 rings (SSSR count). The zero-order chi connectivity index (χ0) is 9.26. The highest BCUT2D eigenvalue weighted by molar-refractivity contribution is 5.29. The van der Waals surface area contributed by atoms with Gasteiger partial charge in [-0.3, -0.25) is 0 Å². The van der Waals surface area contributed by atoms with E-state index in [1.807, 2.05) is 0 Å². The third kappa shape index (κ3) is 1.61. The molecule has 0 aliphatic carbocycles. The lowest BCUT2D eigenvalue weighted by Gasteiger charge is -2.18. The van der Waals surface area contributed by atoms with Crippen molar-refractivity contribution >= 4 is 0 Å². The van der Waals surface area contributed by atoms with E-state index < -0.39 is 0 Å². The molecule has 1 saturated heterocycles. The van der Waals surface area contributed by atoms with Gasteiger partial charge >= 0.3 is 0 Å². The SMILES string of the molecule is Cc1ccccc1C1NCCC1C. The maximum atomic E-state index is 3.56. The summed E-state index contributed by atoms with van der Waals surface area (Å²) in [6.07, 6.45) is 1.30. The minimum atomic E-state index is 0.584. The smallest absolute Gasteiger partial charge is 0.0349 e. The maximum Gasteiger partial charge on any atom is 0.0349 e. The van der Waals surface area contributed by atoms with Gasteiger partial charge in [-0.15, -0.1) is 0 Å². The van der Waals surface area contributed by atoms with Gasteiger partial charge in [-0.05, 0) is 36.9 Å². The summed E-state index contributed by atoms with van der Waals surface area (Å²) < 4.78 is 0. The molecule has 0 spiro atoms. The number of nitrogens with one attached hydrogen (secondary N) is 1. The molecule has 2 atom stereocenters. The third-order valence-electron chi connectivity index (χ3n) is 3.06. The zero-order valence-corrected chi connectivity index (χ0v) is 8.38. The normalized spacial score (nSPS) is 27.8. The van der Waals surface area contributed by atoms with E-state index in [1.54, 1.807) is 0 Å². The third-order valence-corrected chi connectivity index (χ3v) is 3.06. The van der Waals surface area contributed by atoms with E-state index in [9.17, 15) is 0 Å². The van der Waals surface area contributed by atoms with Crippen molar-refractivity contribution < 1.29 is 0 Å². The fraction of sp³-hybridized carbons (Fsp3) is 0.500. The lowest BCUT2D eigenvalue weighted by molar-refractivity contribution is 0.501. The molecule has 0 bridgehead atoms. The molecule has 1 aliphatic heterocycles. The molecule has 1 N–H and O–H groups in total. The molecule has 2 unspecified atom stereocenters. The number of hydrogen-bond acceptors (Lipinski definition) is 1.